The zero-order chi connectivity index (χ0) is 28.5. The number of benzene rings is 2. The third-order valence-electron chi connectivity index (χ3n) is 8.76. The third-order valence-corrected chi connectivity index (χ3v) is 8.76. The topological polar surface area (TPSA) is 77.0 Å². The van der Waals surface area contributed by atoms with Gasteiger partial charge in [0.2, 0.25) is 0 Å². The van der Waals surface area contributed by atoms with Crippen LogP contribution in [0.2, 0.25) is 0 Å². The van der Waals surface area contributed by atoms with Crippen LogP contribution in [0.25, 0.3) is 10.8 Å². The quantitative estimate of drug-likeness (QED) is 0.511. The number of likely N-dealkylation sites (tertiary alicyclic amines) is 1. The maximum Gasteiger partial charge on any atom is 0.318 e. The maximum atomic E-state index is 15.1. The number of halogens is 2. The van der Waals surface area contributed by atoms with Gasteiger partial charge in [-0.25, -0.2) is 8.78 Å². The molecule has 3 aromatic rings. The highest BCUT2D eigenvalue weighted by molar-refractivity contribution is 5.96. The molecule has 206 valence electrons. The average molecular weight is 539 g/mol. The number of anilines is 2. The molecule has 1 aromatic heterocycles. The Morgan fingerprint density at radius 3 is 2.82 bits per heavy atom. The Balaban J connectivity index is 1.29. The van der Waals surface area contributed by atoms with E-state index in [9.17, 15) is 9.50 Å². The summed E-state index contributed by atoms with van der Waals surface area (Å²) in [5.74, 6) is -1.17. The second kappa shape index (κ2) is 9.75. The summed E-state index contributed by atoms with van der Waals surface area (Å²) in [6.07, 6.45) is 4.29. The van der Waals surface area contributed by atoms with Crippen LogP contribution in [0.15, 0.2) is 24.3 Å². The van der Waals surface area contributed by atoms with Gasteiger partial charge >= 0.3 is 6.01 Å². The highest BCUT2D eigenvalue weighted by Gasteiger charge is 2.37. The molecule has 0 spiro atoms. The van der Waals surface area contributed by atoms with Crippen LogP contribution in [0.4, 0.5) is 20.3 Å². The highest BCUT2D eigenvalue weighted by atomic mass is 19.2. The van der Waals surface area contributed by atoms with Gasteiger partial charge in [0.15, 0.2) is 11.6 Å². The summed E-state index contributed by atoms with van der Waals surface area (Å²) in [5.41, 5.74) is 2.01. The van der Waals surface area contributed by atoms with E-state index >= 15 is 4.39 Å². The van der Waals surface area contributed by atoms with E-state index in [-0.39, 0.29) is 29.7 Å². The lowest BCUT2D eigenvalue weighted by atomic mass is 9.92. The van der Waals surface area contributed by atoms with Gasteiger partial charge in [0, 0.05) is 54.8 Å². The van der Waals surface area contributed by atoms with E-state index in [2.05, 4.69) is 10.2 Å². The number of ether oxygens (including phenoxy) is 1. The molecular formula is C29H34F2N6O2. The fraction of sp³-hybridized carbons (Fsp3) is 0.517. The van der Waals surface area contributed by atoms with Crippen molar-refractivity contribution in [2.24, 2.45) is 0 Å². The van der Waals surface area contributed by atoms with E-state index in [1.807, 2.05) is 16.8 Å². The minimum Gasteiger partial charge on any atom is -0.508 e. The first-order valence-corrected chi connectivity index (χ1v) is 13.8. The van der Waals surface area contributed by atoms with Crippen LogP contribution < -0.4 is 19.9 Å². The Kier molecular flexibility index (Phi) is 5.64. The molecule has 5 aliphatic rings. The van der Waals surface area contributed by atoms with Crippen molar-refractivity contribution in [3.05, 3.63) is 47.2 Å². The van der Waals surface area contributed by atoms with E-state index in [1.54, 1.807) is 0 Å². The minimum atomic E-state index is -1.99. The normalized spacial score (nSPS) is 26.1. The summed E-state index contributed by atoms with van der Waals surface area (Å²) in [4.78, 5) is 15.7. The molecule has 0 amide bonds. The first kappa shape index (κ1) is 22.6. The molecule has 0 saturated carbocycles. The Bertz CT molecular complexity index is 1500. The summed E-state index contributed by atoms with van der Waals surface area (Å²) in [7, 11) is 1.90. The second-order valence-electron chi connectivity index (χ2n) is 11.2. The number of nitrogens with one attached hydrogen (secondary N) is 1. The van der Waals surface area contributed by atoms with Gasteiger partial charge in [-0.05, 0) is 63.2 Å². The van der Waals surface area contributed by atoms with Crippen molar-refractivity contribution in [3.8, 4) is 11.8 Å². The number of rotatable bonds is 5. The lowest BCUT2D eigenvalue weighted by molar-refractivity contribution is 0.187. The van der Waals surface area contributed by atoms with Crippen LogP contribution in [-0.2, 0) is 13.0 Å². The van der Waals surface area contributed by atoms with Gasteiger partial charge in [-0.3, -0.25) is 0 Å². The molecule has 3 atom stereocenters. The van der Waals surface area contributed by atoms with Gasteiger partial charge in [-0.1, -0.05) is 6.07 Å². The van der Waals surface area contributed by atoms with E-state index in [1.165, 1.54) is 18.2 Å². The monoisotopic (exact) mass is 538 g/mol. The van der Waals surface area contributed by atoms with Crippen molar-refractivity contribution < 1.29 is 21.4 Å². The van der Waals surface area contributed by atoms with Crippen molar-refractivity contribution in [2.45, 2.75) is 56.8 Å². The molecule has 5 aliphatic heterocycles. The van der Waals surface area contributed by atoms with Crippen molar-refractivity contribution in [3.63, 3.8) is 0 Å². The number of phenols is 1. The second-order valence-corrected chi connectivity index (χ2v) is 11.2. The van der Waals surface area contributed by atoms with Gasteiger partial charge in [-0.2, -0.15) is 9.97 Å². The molecule has 4 fully saturated rings. The largest absolute Gasteiger partial charge is 0.508 e. The Labute approximate surface area is 229 Å². The summed E-state index contributed by atoms with van der Waals surface area (Å²) in [6, 6.07) is 5.62. The standard InChI is InChI=1S/C29H34F2N6O2/c1-35-9-2-3-20(35)16-39-29-33-24-15-36(25-12-21(38)11-17-4-7-23(30)27(31)26(17)25)10-8-22(24)28(34-29)37-14-18-5-6-19(37)13-32-18/h4,7,11-12,18-20,32,38H,2-3,5-6,8-10,13-16H2,1H3/t18?,19?,20-/m0/s1/i16D2. The molecule has 8 rings (SSSR count). The maximum absolute atomic E-state index is 15.1. The van der Waals surface area contributed by atoms with Gasteiger partial charge < -0.3 is 29.9 Å². The van der Waals surface area contributed by atoms with E-state index < -0.39 is 24.2 Å². The molecule has 10 heteroatoms. The number of aromatic hydroxyl groups is 1. The van der Waals surface area contributed by atoms with E-state index in [0.29, 0.717) is 42.2 Å². The molecule has 6 heterocycles. The summed E-state index contributed by atoms with van der Waals surface area (Å²) < 4.78 is 52.8. The van der Waals surface area contributed by atoms with Crippen LogP contribution in [-0.4, -0.2) is 77.9 Å². The van der Waals surface area contributed by atoms with Crippen molar-refractivity contribution >= 4 is 22.3 Å². The molecule has 2 bridgehead atoms. The molecule has 39 heavy (non-hydrogen) atoms. The van der Waals surface area contributed by atoms with Crippen molar-refractivity contribution in [1.29, 1.82) is 0 Å². The fourth-order valence-corrected chi connectivity index (χ4v) is 6.63. The number of hydrogen-bond donors (Lipinski definition) is 2. The number of fused-ring (bicyclic) bond motifs is 5. The van der Waals surface area contributed by atoms with Crippen LogP contribution in [0.1, 0.15) is 39.7 Å². The van der Waals surface area contributed by atoms with Crippen molar-refractivity contribution in [2.75, 3.05) is 49.6 Å². The van der Waals surface area contributed by atoms with Crippen molar-refractivity contribution in [1.82, 2.24) is 20.2 Å². The number of nitrogens with zero attached hydrogens (tertiary/aromatic N) is 5. The summed E-state index contributed by atoms with van der Waals surface area (Å²) in [5, 5.41) is 14.5. The smallest absolute Gasteiger partial charge is 0.318 e. The van der Waals surface area contributed by atoms with E-state index in [0.717, 1.165) is 56.3 Å². The predicted molar refractivity (Wildman–Crippen MR) is 146 cm³/mol. The lowest BCUT2D eigenvalue weighted by Crippen LogP contribution is -2.61. The molecule has 4 saturated heterocycles. The fourth-order valence-electron chi connectivity index (χ4n) is 6.63. The van der Waals surface area contributed by atoms with Gasteiger partial charge in [-0.15, -0.1) is 0 Å². The lowest BCUT2D eigenvalue weighted by Gasteiger charge is -2.47. The Morgan fingerprint density at radius 2 is 2.08 bits per heavy atom. The molecule has 2 N–H and O–H groups in total. The van der Waals surface area contributed by atoms with E-state index in [4.69, 9.17) is 17.4 Å². The van der Waals surface area contributed by atoms with Gasteiger partial charge in [0.1, 0.15) is 18.1 Å². The molecule has 2 unspecified atom stereocenters. The highest BCUT2D eigenvalue weighted by Crippen LogP contribution is 2.39. The predicted octanol–water partition coefficient (Wildman–Crippen LogP) is 3.59. The minimum absolute atomic E-state index is 0.0155. The van der Waals surface area contributed by atoms with Crippen LogP contribution in [0.5, 0.6) is 11.8 Å². The van der Waals surface area contributed by atoms with Crippen LogP contribution in [0, 0.1) is 11.6 Å². The summed E-state index contributed by atoms with van der Waals surface area (Å²) >= 11 is 0. The first-order chi connectivity index (χ1) is 19.7. The molecule has 8 nitrogen and oxygen atoms in total. The number of piperidine rings is 2. The van der Waals surface area contributed by atoms with Gasteiger partial charge in [0.25, 0.3) is 0 Å². The molecular weight excluding hydrogens is 502 g/mol. The van der Waals surface area contributed by atoms with Gasteiger partial charge in [0.05, 0.1) is 20.7 Å². The zero-order valence-electron chi connectivity index (χ0n) is 24.0. The average Bonchev–Trinajstić information content (AvgIpc) is 3.41. The molecule has 0 radical (unpaired) electrons. The zero-order valence-corrected chi connectivity index (χ0v) is 22.0. The SMILES string of the molecule is [2H]C([2H])(Oc1nc2c(c(N3CC4CCC3CN4)n1)CCN(c1cc(O)cc3ccc(F)c(F)c13)C2)[C@@H]1CCCN1C. The number of likely N-dealkylation sites (N-methyl/N-ethyl adjacent to an activating group) is 1. The number of phenolic OH excluding ortho intramolecular Hbond substituents is 1. The summed E-state index contributed by atoms with van der Waals surface area (Å²) in [6.45, 7) is 1.22. The number of piperazine rings is 1. The Morgan fingerprint density at radius 1 is 1.18 bits per heavy atom. The first-order valence-electron chi connectivity index (χ1n) is 14.8. The Hall–Kier alpha value is -3.24. The van der Waals surface area contributed by atoms with Crippen LogP contribution in [0.3, 0.4) is 0 Å². The third kappa shape index (κ3) is 4.43. The molecule has 2 aromatic carbocycles. The molecule has 0 aliphatic carbocycles. The van der Waals surface area contributed by atoms with Crippen LogP contribution >= 0.6 is 0 Å². The number of hydrogen-bond acceptors (Lipinski definition) is 8. The number of aromatic nitrogens is 2.